The second-order valence-corrected chi connectivity index (χ2v) is 5.42. The molecule has 0 saturated heterocycles. The number of carbonyl (C=O) groups excluding carboxylic acids is 1. The quantitative estimate of drug-likeness (QED) is 0.696. The lowest BCUT2D eigenvalue weighted by molar-refractivity contribution is 0.248. The van der Waals surface area contributed by atoms with E-state index >= 15 is 0 Å². The van der Waals surface area contributed by atoms with Gasteiger partial charge in [-0.05, 0) is 6.07 Å². The van der Waals surface area contributed by atoms with Gasteiger partial charge < -0.3 is 4.74 Å². The molecule has 1 aliphatic heterocycles. The Morgan fingerprint density at radius 1 is 1.40 bits per heavy atom. The van der Waals surface area contributed by atoms with Gasteiger partial charge in [0, 0.05) is 31.1 Å². The van der Waals surface area contributed by atoms with Crippen molar-refractivity contribution in [3.05, 3.63) is 36.5 Å². The summed E-state index contributed by atoms with van der Waals surface area (Å²) in [5.74, 6) is 1.21. The Balaban J connectivity index is 1.59. The summed E-state index contributed by atoms with van der Waals surface area (Å²) in [6, 6.07) is 3.03. The highest BCUT2D eigenvalue weighted by Gasteiger charge is 2.32. The third-order valence-electron chi connectivity index (χ3n) is 3.71. The van der Waals surface area contributed by atoms with E-state index in [0.29, 0.717) is 29.4 Å². The Morgan fingerprint density at radius 2 is 2.28 bits per heavy atom. The normalized spacial score (nSPS) is 13.4. The first-order valence-electron chi connectivity index (χ1n) is 7.57. The van der Waals surface area contributed by atoms with Gasteiger partial charge in [-0.2, -0.15) is 9.78 Å². The lowest BCUT2D eigenvalue weighted by Crippen LogP contribution is -2.26. The molecule has 9 nitrogen and oxygen atoms in total. The maximum Gasteiger partial charge on any atom is 0.351 e. The van der Waals surface area contributed by atoms with Crippen LogP contribution in [0.1, 0.15) is 5.82 Å². The van der Waals surface area contributed by atoms with Crippen LogP contribution in [0.5, 0.6) is 5.88 Å². The van der Waals surface area contributed by atoms with Crippen molar-refractivity contribution in [2.24, 2.45) is 7.05 Å². The molecule has 4 heterocycles. The van der Waals surface area contributed by atoms with Crippen molar-refractivity contribution in [3.8, 4) is 17.3 Å². The van der Waals surface area contributed by atoms with Gasteiger partial charge in [-0.1, -0.05) is 0 Å². The summed E-state index contributed by atoms with van der Waals surface area (Å²) in [6.45, 7) is -0.350. The van der Waals surface area contributed by atoms with E-state index in [-0.39, 0.29) is 18.5 Å². The van der Waals surface area contributed by atoms with Gasteiger partial charge in [0.15, 0.2) is 11.6 Å². The molecular formula is C15H14FN7O2. The molecule has 0 unspecified atom stereocenters. The number of hydrogen-bond donors (Lipinski definition) is 0. The van der Waals surface area contributed by atoms with Crippen LogP contribution in [0, 0.1) is 0 Å². The maximum absolute atomic E-state index is 12.5. The second-order valence-electron chi connectivity index (χ2n) is 5.42. The summed E-state index contributed by atoms with van der Waals surface area (Å²) in [6.07, 6.45) is 4.89. The van der Waals surface area contributed by atoms with E-state index in [0.717, 1.165) is 0 Å². The Hall–Kier alpha value is -3.30. The van der Waals surface area contributed by atoms with Crippen LogP contribution in [0.3, 0.4) is 0 Å². The predicted octanol–water partition coefficient (Wildman–Crippen LogP) is 1.41. The third kappa shape index (κ3) is 2.71. The summed E-state index contributed by atoms with van der Waals surface area (Å²) in [7, 11) is 1.78. The Morgan fingerprint density at radius 3 is 3.00 bits per heavy atom. The van der Waals surface area contributed by atoms with Crippen LogP contribution in [-0.2, 0) is 13.6 Å². The highest BCUT2D eigenvalue weighted by molar-refractivity contribution is 5.95. The van der Waals surface area contributed by atoms with E-state index in [1.165, 1.54) is 10.9 Å². The topological polar surface area (TPSA) is 91.0 Å². The first-order chi connectivity index (χ1) is 12.2. The number of anilines is 1. The molecule has 10 heteroatoms. The smallest absolute Gasteiger partial charge is 0.351 e. The van der Waals surface area contributed by atoms with Gasteiger partial charge in [0.05, 0.1) is 18.4 Å². The zero-order chi connectivity index (χ0) is 17.4. The summed E-state index contributed by atoms with van der Waals surface area (Å²) in [5, 5.41) is 8.34. The molecule has 0 radical (unpaired) electrons. The number of amides is 1. The van der Waals surface area contributed by atoms with Gasteiger partial charge in [0.1, 0.15) is 13.3 Å². The fourth-order valence-electron chi connectivity index (χ4n) is 2.57. The van der Waals surface area contributed by atoms with Gasteiger partial charge in [-0.3, -0.25) is 9.58 Å². The molecule has 3 aromatic heterocycles. The standard InChI is InChI=1S/C15H14FN7O2/c1-21-8-11(7-18-21)22-9-12-19-14(20-23(12)15(22)24)10-2-4-17-13(6-10)25-5-3-16/h2,4,6-8H,3,5,9H2,1H3. The molecule has 0 fully saturated rings. The maximum atomic E-state index is 12.5. The van der Waals surface area contributed by atoms with Crippen molar-refractivity contribution in [3.63, 3.8) is 0 Å². The van der Waals surface area contributed by atoms with Crippen molar-refractivity contribution in [2.45, 2.75) is 6.54 Å². The molecule has 0 atom stereocenters. The van der Waals surface area contributed by atoms with Crippen LogP contribution in [0.25, 0.3) is 11.4 Å². The number of rotatable bonds is 5. The van der Waals surface area contributed by atoms with Crippen molar-refractivity contribution in [1.29, 1.82) is 0 Å². The number of carbonyl (C=O) groups is 1. The predicted molar refractivity (Wildman–Crippen MR) is 84.9 cm³/mol. The molecule has 0 bridgehead atoms. The first-order valence-corrected chi connectivity index (χ1v) is 7.57. The molecule has 0 saturated carbocycles. The fraction of sp³-hybridized carbons (Fsp3) is 0.267. The van der Waals surface area contributed by atoms with Gasteiger partial charge in [0.2, 0.25) is 5.88 Å². The number of ether oxygens (including phenoxy) is 1. The fourth-order valence-corrected chi connectivity index (χ4v) is 2.57. The van der Waals surface area contributed by atoms with Crippen LogP contribution in [0.4, 0.5) is 14.9 Å². The summed E-state index contributed by atoms with van der Waals surface area (Å²) < 4.78 is 20.3. The van der Waals surface area contributed by atoms with Crippen LogP contribution < -0.4 is 9.64 Å². The third-order valence-corrected chi connectivity index (χ3v) is 3.71. The number of aryl methyl sites for hydroxylation is 1. The van der Waals surface area contributed by atoms with Crippen molar-refractivity contribution >= 4 is 11.7 Å². The molecule has 0 aromatic carbocycles. The highest BCUT2D eigenvalue weighted by atomic mass is 19.1. The molecule has 4 rings (SSSR count). The van der Waals surface area contributed by atoms with Crippen molar-refractivity contribution < 1.29 is 13.9 Å². The van der Waals surface area contributed by atoms with E-state index in [1.54, 1.807) is 41.2 Å². The number of aromatic nitrogens is 6. The van der Waals surface area contributed by atoms with Gasteiger partial charge in [0.25, 0.3) is 0 Å². The average molecular weight is 343 g/mol. The lowest BCUT2D eigenvalue weighted by Gasteiger charge is -2.11. The summed E-state index contributed by atoms with van der Waals surface area (Å²) >= 11 is 0. The number of hydrogen-bond acceptors (Lipinski definition) is 6. The summed E-state index contributed by atoms with van der Waals surface area (Å²) in [5.41, 5.74) is 1.33. The molecule has 128 valence electrons. The molecule has 1 amide bonds. The number of pyridine rings is 1. The molecule has 0 aliphatic carbocycles. The van der Waals surface area contributed by atoms with E-state index < -0.39 is 6.67 Å². The van der Waals surface area contributed by atoms with Crippen LogP contribution in [-0.4, -0.2) is 48.8 Å². The Kier molecular flexibility index (Phi) is 3.64. The monoisotopic (exact) mass is 343 g/mol. The molecular weight excluding hydrogens is 329 g/mol. The minimum Gasteiger partial charge on any atom is -0.475 e. The Labute approximate surface area is 141 Å². The number of alkyl halides is 1. The minimum absolute atomic E-state index is 0.0673. The molecule has 0 spiro atoms. The number of nitrogens with zero attached hydrogens (tertiary/aromatic N) is 7. The van der Waals surface area contributed by atoms with E-state index in [9.17, 15) is 9.18 Å². The van der Waals surface area contributed by atoms with Crippen molar-refractivity contribution in [1.82, 2.24) is 29.5 Å². The molecule has 1 aliphatic rings. The highest BCUT2D eigenvalue weighted by Crippen LogP contribution is 2.26. The van der Waals surface area contributed by atoms with Crippen molar-refractivity contribution in [2.75, 3.05) is 18.2 Å². The second kappa shape index (κ2) is 5.96. The van der Waals surface area contributed by atoms with Gasteiger partial charge in [-0.25, -0.2) is 19.2 Å². The molecule has 0 N–H and O–H groups in total. The van der Waals surface area contributed by atoms with Crippen LogP contribution in [0.15, 0.2) is 30.7 Å². The van der Waals surface area contributed by atoms with Gasteiger partial charge in [-0.15, -0.1) is 5.10 Å². The SMILES string of the molecule is Cn1cc(N2Cc3nc(-c4ccnc(OCCF)c4)nn3C2=O)cn1. The zero-order valence-electron chi connectivity index (χ0n) is 13.3. The van der Waals surface area contributed by atoms with E-state index in [4.69, 9.17) is 4.74 Å². The van der Waals surface area contributed by atoms with E-state index in [1.807, 2.05) is 0 Å². The van der Waals surface area contributed by atoms with Crippen LogP contribution in [0.2, 0.25) is 0 Å². The van der Waals surface area contributed by atoms with Gasteiger partial charge >= 0.3 is 6.03 Å². The number of fused-ring (bicyclic) bond motifs is 1. The molecule has 3 aromatic rings. The largest absolute Gasteiger partial charge is 0.475 e. The average Bonchev–Trinajstić information content (AvgIpc) is 3.30. The van der Waals surface area contributed by atoms with Crippen LogP contribution >= 0.6 is 0 Å². The Bertz CT molecular complexity index is 936. The summed E-state index contributed by atoms with van der Waals surface area (Å²) in [4.78, 5) is 22.5. The first kappa shape index (κ1) is 15.2. The molecule has 25 heavy (non-hydrogen) atoms. The minimum atomic E-state index is -0.596. The zero-order valence-corrected chi connectivity index (χ0v) is 13.3. The number of halogens is 1. The lowest BCUT2D eigenvalue weighted by atomic mass is 10.2. The van der Waals surface area contributed by atoms with E-state index in [2.05, 4.69) is 20.2 Å².